The smallest absolute Gasteiger partial charge is 0.460 e. The molecule has 0 radical (unpaired) electrons. The Hall–Kier alpha value is -2.26. The summed E-state index contributed by atoms with van der Waals surface area (Å²) >= 11 is 0. The number of aliphatic hydroxyl groups is 1. The summed E-state index contributed by atoms with van der Waals surface area (Å²) in [5.74, 6) is -0.566. The van der Waals surface area contributed by atoms with Gasteiger partial charge < -0.3 is 34.3 Å². The number of nitrogens with zero attached hydrogens (tertiary/aromatic N) is 1. The monoisotopic (exact) mass is 1680 g/mol. The standard InChI is InChI=1S/C46H90NO7P.C40H79NO4.C12H26NO2P/c1-6-11-14-17-20-23-24-27-29-32-35-38-45(48)47-43(42-53-55(50,51-40-9-4)52-41-10-5)44(37-34-31-28-25-21-18-15-12-7-2)54-46(49)39-36-33-30-26-22-19-16-13-8-3;1-4-7-10-13-16-19-20-23-25-28-31-34-39(43)41-37(36-42)38(33-30-27-24-21-17-14-11-8-5-2)45-40(44)35-32-29-26-22-18-15-12-9-6-3;1-7-9-14-16(15-10-8-2)13(11(3)4)12(5)6/h9,43-44H,4,6-8,10-42H2,1-3,5H3,(H,47,48);37-38,42H,4-36H2,1-3H3,(H,41,43);7,11-12H,1,8-10H2,2-6H3/t43-,44+,55?;37-,38+;/m00./s1. The highest BCUT2D eigenvalue weighted by Gasteiger charge is 2.34. The number of esters is 2. The highest BCUT2D eigenvalue weighted by atomic mass is 31.2. The predicted molar refractivity (Wildman–Crippen MR) is 498 cm³/mol. The van der Waals surface area contributed by atoms with Crippen molar-refractivity contribution in [2.45, 2.75) is 543 Å². The lowest BCUT2D eigenvalue weighted by molar-refractivity contribution is -0.153. The Morgan fingerprint density at radius 1 is 0.345 bits per heavy atom. The van der Waals surface area contributed by atoms with Gasteiger partial charge in [-0.15, -0.1) is 13.2 Å². The van der Waals surface area contributed by atoms with E-state index in [1.807, 2.05) is 6.92 Å². The third-order valence-electron chi connectivity index (χ3n) is 21.7. The van der Waals surface area contributed by atoms with Gasteiger partial charge in [-0.25, -0.2) is 9.24 Å². The van der Waals surface area contributed by atoms with Gasteiger partial charge in [0.25, 0.3) is 8.53 Å². The molecule has 6 atom stereocenters. The third kappa shape index (κ3) is 81.4. The molecule has 16 nitrogen and oxygen atoms in total. The van der Waals surface area contributed by atoms with Crippen LogP contribution in [0.5, 0.6) is 0 Å². The van der Waals surface area contributed by atoms with Gasteiger partial charge in [-0.1, -0.05) is 401 Å². The number of carbonyl (C=O) groups is 4. The van der Waals surface area contributed by atoms with E-state index in [9.17, 15) is 28.8 Å². The van der Waals surface area contributed by atoms with E-state index in [-0.39, 0.29) is 50.2 Å². The zero-order valence-corrected chi connectivity index (χ0v) is 80.4. The SMILES string of the molecule is C=CCOP(=O)(OCCC)OC[C@H](NC(=O)CCCCCCCCCCCCC)[C@@H](CCCCCCCCCCC)OC(=O)CCCCCCCCCCC.C=CCOP(OCCC)N(C(C)C)C(C)C.CCCCCCCCCCCCCC(=O)N[C@@H](CO)[C@@H](CCCCCCCCCCC)OC(=O)CCCCCCCCCCC. The zero-order chi connectivity index (χ0) is 86.1. The van der Waals surface area contributed by atoms with Crippen LogP contribution in [0, 0.1) is 0 Å². The van der Waals surface area contributed by atoms with Crippen molar-refractivity contribution in [1.82, 2.24) is 15.3 Å². The first kappa shape index (κ1) is 118. The molecule has 0 aliphatic carbocycles. The summed E-state index contributed by atoms with van der Waals surface area (Å²) in [6.45, 7) is 34.7. The molecule has 0 heterocycles. The molecule has 116 heavy (non-hydrogen) atoms. The van der Waals surface area contributed by atoms with Crippen LogP contribution in [0.1, 0.15) is 507 Å². The average molecular weight is 1690 g/mol. The average Bonchev–Trinajstić information content (AvgIpc) is 0.871. The number of hydrogen-bond acceptors (Lipinski definition) is 14. The normalized spacial score (nSPS) is 13.3. The van der Waals surface area contributed by atoms with Gasteiger partial charge in [0.1, 0.15) is 12.2 Å². The van der Waals surface area contributed by atoms with Crippen molar-refractivity contribution < 1.29 is 60.9 Å². The Kier molecular flexibility index (Phi) is 95.0. The fraction of sp³-hybridized carbons (Fsp3) is 0.918. The lowest BCUT2D eigenvalue weighted by atomic mass is 10.0. The molecule has 0 saturated heterocycles. The molecule has 3 N–H and O–H groups in total. The van der Waals surface area contributed by atoms with Crippen LogP contribution in [0.4, 0.5) is 0 Å². The van der Waals surface area contributed by atoms with Crippen LogP contribution in [-0.2, 0) is 55.8 Å². The van der Waals surface area contributed by atoms with E-state index < -0.39 is 40.6 Å². The van der Waals surface area contributed by atoms with Crippen LogP contribution < -0.4 is 10.6 Å². The van der Waals surface area contributed by atoms with Crippen molar-refractivity contribution in [3.63, 3.8) is 0 Å². The molecule has 0 aromatic carbocycles. The van der Waals surface area contributed by atoms with Crippen molar-refractivity contribution in [1.29, 1.82) is 0 Å². The summed E-state index contributed by atoms with van der Waals surface area (Å²) < 4.78 is 56.4. The van der Waals surface area contributed by atoms with Crippen molar-refractivity contribution in [3.05, 3.63) is 25.3 Å². The molecular formula is C98H195N3O13P2. The Labute approximate surface area is 720 Å². The molecule has 18 heteroatoms. The lowest BCUT2D eigenvalue weighted by Crippen LogP contribution is -2.48. The Balaban J connectivity index is -0.00000187. The second-order valence-electron chi connectivity index (χ2n) is 33.9. The minimum atomic E-state index is -3.93. The van der Waals surface area contributed by atoms with E-state index in [4.69, 9.17) is 32.1 Å². The molecule has 0 bridgehead atoms. The van der Waals surface area contributed by atoms with Crippen LogP contribution in [0.15, 0.2) is 25.3 Å². The molecular weight excluding hydrogens is 1490 g/mol. The second-order valence-corrected chi connectivity index (χ2v) is 37.1. The van der Waals surface area contributed by atoms with E-state index in [0.717, 1.165) is 109 Å². The predicted octanol–water partition coefficient (Wildman–Crippen LogP) is 30.6. The third-order valence-corrected chi connectivity index (χ3v) is 25.2. The zero-order valence-electron chi connectivity index (χ0n) is 78.6. The fourth-order valence-corrected chi connectivity index (χ4v) is 17.6. The number of aliphatic hydroxyl groups excluding tert-OH is 1. The van der Waals surface area contributed by atoms with Gasteiger partial charge in [-0.3, -0.25) is 32.7 Å². The van der Waals surface area contributed by atoms with E-state index in [0.29, 0.717) is 63.6 Å². The van der Waals surface area contributed by atoms with Crippen molar-refractivity contribution >= 4 is 40.1 Å². The number of unbranched alkanes of at least 4 members (excludes halogenated alkanes) is 52. The molecule has 2 unspecified atom stereocenters. The molecule has 0 aromatic heterocycles. The molecule has 0 spiro atoms. The number of ether oxygens (including phenoxy) is 2. The summed E-state index contributed by atoms with van der Waals surface area (Å²) in [6, 6.07) is -0.348. The van der Waals surface area contributed by atoms with E-state index in [1.54, 1.807) is 6.08 Å². The molecule has 0 fully saturated rings. The van der Waals surface area contributed by atoms with E-state index >= 15 is 0 Å². The van der Waals surface area contributed by atoms with E-state index in [2.05, 4.69) is 105 Å². The van der Waals surface area contributed by atoms with Gasteiger partial charge in [0.15, 0.2) is 0 Å². The minimum absolute atomic E-state index is 0.00642. The van der Waals surface area contributed by atoms with Crippen LogP contribution in [0.3, 0.4) is 0 Å². The number of amides is 2. The summed E-state index contributed by atoms with van der Waals surface area (Å²) in [4.78, 5) is 52.3. The Morgan fingerprint density at radius 3 is 0.905 bits per heavy atom. The topological polar surface area (TPSA) is 197 Å². The number of phosphoric acid groups is 1. The van der Waals surface area contributed by atoms with Gasteiger partial charge in [0.05, 0.1) is 51.7 Å². The summed E-state index contributed by atoms with van der Waals surface area (Å²) in [6.07, 6.45) is 77.1. The summed E-state index contributed by atoms with van der Waals surface area (Å²) in [5.41, 5.74) is 0. The van der Waals surface area contributed by atoms with Gasteiger partial charge in [0, 0.05) is 37.8 Å². The molecule has 0 rings (SSSR count). The summed E-state index contributed by atoms with van der Waals surface area (Å²) in [5, 5.41) is 16.4. The van der Waals surface area contributed by atoms with Crippen LogP contribution in [0.25, 0.3) is 0 Å². The highest BCUT2D eigenvalue weighted by Crippen LogP contribution is 2.50. The maximum absolute atomic E-state index is 13.5. The molecule has 0 saturated carbocycles. The van der Waals surface area contributed by atoms with Gasteiger partial charge >= 0.3 is 19.8 Å². The quantitative estimate of drug-likeness (QED) is 0.0225. The van der Waals surface area contributed by atoms with Crippen LogP contribution >= 0.6 is 16.3 Å². The first-order chi connectivity index (χ1) is 56.5. The van der Waals surface area contributed by atoms with Crippen molar-refractivity contribution in [2.75, 3.05) is 39.6 Å². The molecule has 0 aromatic rings. The first-order valence-electron chi connectivity index (χ1n) is 49.7. The minimum Gasteiger partial charge on any atom is -0.460 e. The molecule has 2 amide bonds. The van der Waals surface area contributed by atoms with E-state index in [1.165, 1.54) is 282 Å². The number of nitrogens with one attached hydrogen (secondary N) is 2. The Morgan fingerprint density at radius 2 is 0.621 bits per heavy atom. The summed E-state index contributed by atoms with van der Waals surface area (Å²) in [7, 11) is -4.88. The number of hydrogen-bond donors (Lipinski definition) is 3. The van der Waals surface area contributed by atoms with Crippen LogP contribution in [-0.4, -0.2) is 110 Å². The first-order valence-corrected chi connectivity index (χ1v) is 52.2. The van der Waals surface area contributed by atoms with Crippen LogP contribution in [0.2, 0.25) is 0 Å². The second kappa shape index (κ2) is 93.4. The fourth-order valence-electron chi connectivity index (χ4n) is 14.6. The largest absolute Gasteiger partial charge is 0.475 e. The van der Waals surface area contributed by atoms with Gasteiger partial charge in [0.2, 0.25) is 11.8 Å². The molecule has 0 aliphatic heterocycles. The maximum atomic E-state index is 13.5. The van der Waals surface area contributed by atoms with Gasteiger partial charge in [-0.2, -0.15) is 0 Å². The van der Waals surface area contributed by atoms with Gasteiger partial charge in [-0.05, 0) is 91.9 Å². The number of phosphoric ester groups is 1. The van der Waals surface area contributed by atoms with Crippen molar-refractivity contribution in [2.24, 2.45) is 0 Å². The number of rotatable bonds is 89. The van der Waals surface area contributed by atoms with Crippen molar-refractivity contribution in [3.8, 4) is 0 Å². The molecule has 690 valence electrons. The highest BCUT2D eigenvalue weighted by molar-refractivity contribution is 7.48. The Bertz CT molecular complexity index is 2140. The lowest BCUT2D eigenvalue weighted by Gasteiger charge is -2.35. The number of carbonyl (C=O) groups excluding carboxylic acids is 4. The molecule has 0 aliphatic rings. The maximum Gasteiger partial charge on any atom is 0.475 e.